The standard InChI is InChI=1S/C13H20N2O2/c1-10(14)12(16)15-9-13(2,3)17-11-7-5-4-6-8-11/h4-8,10H,9,14H2,1-3H3,(H,15,16)/t10-/m1/s1. The molecule has 4 heteroatoms. The van der Waals surface area contributed by atoms with Gasteiger partial charge in [-0.2, -0.15) is 0 Å². The van der Waals surface area contributed by atoms with E-state index in [4.69, 9.17) is 10.5 Å². The van der Waals surface area contributed by atoms with Crippen molar-refractivity contribution in [3.05, 3.63) is 30.3 Å². The van der Waals surface area contributed by atoms with Gasteiger partial charge in [-0.15, -0.1) is 0 Å². The van der Waals surface area contributed by atoms with Crippen molar-refractivity contribution in [3.63, 3.8) is 0 Å². The number of hydrogen-bond acceptors (Lipinski definition) is 3. The van der Waals surface area contributed by atoms with Gasteiger partial charge in [-0.25, -0.2) is 0 Å². The largest absolute Gasteiger partial charge is 0.486 e. The van der Waals surface area contributed by atoms with Gasteiger partial charge < -0.3 is 15.8 Å². The molecule has 94 valence electrons. The summed E-state index contributed by atoms with van der Waals surface area (Å²) < 4.78 is 5.78. The quantitative estimate of drug-likeness (QED) is 0.810. The van der Waals surface area contributed by atoms with Gasteiger partial charge in [0, 0.05) is 0 Å². The summed E-state index contributed by atoms with van der Waals surface area (Å²) in [5, 5.41) is 2.75. The highest BCUT2D eigenvalue weighted by Crippen LogP contribution is 2.16. The molecule has 0 unspecified atom stereocenters. The third-order valence-corrected chi connectivity index (χ3v) is 2.24. The van der Waals surface area contributed by atoms with Crippen LogP contribution in [0.4, 0.5) is 0 Å². The second-order valence-corrected chi connectivity index (χ2v) is 4.68. The molecule has 0 spiro atoms. The van der Waals surface area contributed by atoms with E-state index in [1.807, 2.05) is 44.2 Å². The molecule has 17 heavy (non-hydrogen) atoms. The topological polar surface area (TPSA) is 64.4 Å². The minimum Gasteiger partial charge on any atom is -0.486 e. The summed E-state index contributed by atoms with van der Waals surface area (Å²) in [4.78, 5) is 11.4. The Hall–Kier alpha value is -1.55. The summed E-state index contributed by atoms with van der Waals surface area (Å²) in [6.07, 6.45) is 0. The van der Waals surface area contributed by atoms with Crippen LogP contribution in [-0.4, -0.2) is 24.1 Å². The molecule has 0 saturated heterocycles. The summed E-state index contributed by atoms with van der Waals surface area (Å²) in [6.45, 7) is 5.91. The lowest BCUT2D eigenvalue weighted by molar-refractivity contribution is -0.122. The lowest BCUT2D eigenvalue weighted by Gasteiger charge is -2.27. The van der Waals surface area contributed by atoms with Crippen LogP contribution in [0.25, 0.3) is 0 Å². The van der Waals surface area contributed by atoms with Crippen molar-refractivity contribution >= 4 is 5.91 Å². The minimum atomic E-state index is -0.498. The fourth-order valence-corrected chi connectivity index (χ4v) is 1.30. The molecule has 0 aliphatic heterocycles. The Morgan fingerprint density at radius 3 is 2.53 bits per heavy atom. The van der Waals surface area contributed by atoms with Crippen molar-refractivity contribution in [2.45, 2.75) is 32.4 Å². The molecular weight excluding hydrogens is 216 g/mol. The van der Waals surface area contributed by atoms with E-state index in [1.165, 1.54) is 0 Å². The molecule has 0 aliphatic carbocycles. The molecule has 0 bridgehead atoms. The number of benzene rings is 1. The molecule has 0 aromatic heterocycles. The van der Waals surface area contributed by atoms with Gasteiger partial charge in [0.1, 0.15) is 11.4 Å². The van der Waals surface area contributed by atoms with Crippen molar-refractivity contribution in [2.24, 2.45) is 5.73 Å². The molecule has 0 saturated carbocycles. The predicted molar refractivity (Wildman–Crippen MR) is 67.8 cm³/mol. The third kappa shape index (κ3) is 4.87. The Morgan fingerprint density at radius 1 is 1.41 bits per heavy atom. The van der Waals surface area contributed by atoms with Gasteiger partial charge in [0.15, 0.2) is 0 Å². The monoisotopic (exact) mass is 236 g/mol. The highest BCUT2D eigenvalue weighted by atomic mass is 16.5. The summed E-state index contributed by atoms with van der Waals surface area (Å²) in [7, 11) is 0. The van der Waals surface area contributed by atoms with E-state index in [-0.39, 0.29) is 5.91 Å². The fraction of sp³-hybridized carbons (Fsp3) is 0.462. The van der Waals surface area contributed by atoms with E-state index in [0.29, 0.717) is 6.54 Å². The van der Waals surface area contributed by atoms with Crippen LogP contribution >= 0.6 is 0 Å². The van der Waals surface area contributed by atoms with Crippen molar-refractivity contribution in [1.29, 1.82) is 0 Å². The molecule has 1 amide bonds. The highest BCUT2D eigenvalue weighted by Gasteiger charge is 2.21. The lowest BCUT2D eigenvalue weighted by Crippen LogP contribution is -2.47. The number of carbonyl (C=O) groups excluding carboxylic acids is 1. The number of nitrogens with one attached hydrogen (secondary N) is 1. The van der Waals surface area contributed by atoms with E-state index in [1.54, 1.807) is 6.92 Å². The first kappa shape index (κ1) is 13.5. The number of ether oxygens (including phenoxy) is 1. The van der Waals surface area contributed by atoms with E-state index < -0.39 is 11.6 Å². The smallest absolute Gasteiger partial charge is 0.236 e. The number of rotatable bonds is 5. The zero-order valence-corrected chi connectivity index (χ0v) is 10.6. The molecule has 1 rings (SSSR count). The van der Waals surface area contributed by atoms with E-state index >= 15 is 0 Å². The molecule has 0 fully saturated rings. The summed E-state index contributed by atoms with van der Waals surface area (Å²) in [5.74, 6) is 0.613. The SMILES string of the molecule is C[C@@H](N)C(=O)NCC(C)(C)Oc1ccccc1. The molecule has 4 nitrogen and oxygen atoms in total. The van der Waals surface area contributed by atoms with Crippen molar-refractivity contribution in [1.82, 2.24) is 5.32 Å². The zero-order valence-electron chi connectivity index (χ0n) is 10.6. The summed E-state index contributed by atoms with van der Waals surface area (Å²) in [6, 6.07) is 9.02. The third-order valence-electron chi connectivity index (χ3n) is 2.24. The van der Waals surface area contributed by atoms with E-state index in [0.717, 1.165) is 5.75 Å². The Kier molecular flexibility index (Phi) is 4.52. The van der Waals surface area contributed by atoms with Crippen LogP contribution in [0.15, 0.2) is 30.3 Å². The summed E-state index contributed by atoms with van der Waals surface area (Å²) >= 11 is 0. The van der Waals surface area contributed by atoms with Crippen LogP contribution in [0.3, 0.4) is 0 Å². The molecule has 1 atom stereocenters. The van der Waals surface area contributed by atoms with Crippen molar-refractivity contribution in [2.75, 3.05) is 6.54 Å². The maximum absolute atomic E-state index is 11.4. The first-order valence-corrected chi connectivity index (χ1v) is 5.68. The normalized spacial score (nSPS) is 12.9. The Balaban J connectivity index is 2.49. The average Bonchev–Trinajstić information content (AvgIpc) is 2.26. The molecule has 0 aliphatic rings. The maximum atomic E-state index is 11.4. The van der Waals surface area contributed by atoms with Crippen LogP contribution in [0.1, 0.15) is 20.8 Å². The predicted octanol–water partition coefficient (Wildman–Crippen LogP) is 1.31. The highest BCUT2D eigenvalue weighted by molar-refractivity contribution is 5.81. The Labute approximate surface area is 102 Å². The van der Waals surface area contributed by atoms with Crippen LogP contribution in [0.5, 0.6) is 5.75 Å². The molecule has 0 radical (unpaired) electrons. The molecular formula is C13H20N2O2. The second kappa shape index (κ2) is 5.68. The van der Waals surface area contributed by atoms with Crippen LogP contribution in [0, 0.1) is 0 Å². The van der Waals surface area contributed by atoms with Crippen molar-refractivity contribution < 1.29 is 9.53 Å². The van der Waals surface area contributed by atoms with Crippen LogP contribution in [0.2, 0.25) is 0 Å². The van der Waals surface area contributed by atoms with Crippen molar-refractivity contribution in [3.8, 4) is 5.75 Å². The Morgan fingerprint density at radius 2 is 2.00 bits per heavy atom. The summed E-state index contributed by atoms with van der Waals surface area (Å²) in [5.41, 5.74) is 5.00. The molecule has 3 N–H and O–H groups in total. The minimum absolute atomic E-state index is 0.172. The van der Waals surface area contributed by atoms with Gasteiger partial charge in [-0.1, -0.05) is 18.2 Å². The van der Waals surface area contributed by atoms with Gasteiger partial charge in [0.25, 0.3) is 0 Å². The fourth-order valence-electron chi connectivity index (χ4n) is 1.30. The molecule has 1 aromatic rings. The second-order valence-electron chi connectivity index (χ2n) is 4.68. The average molecular weight is 236 g/mol. The zero-order chi connectivity index (χ0) is 12.9. The lowest BCUT2D eigenvalue weighted by atomic mass is 10.1. The van der Waals surface area contributed by atoms with Crippen LogP contribution in [-0.2, 0) is 4.79 Å². The number of amides is 1. The first-order chi connectivity index (χ1) is 7.91. The van der Waals surface area contributed by atoms with Crippen LogP contribution < -0.4 is 15.8 Å². The van der Waals surface area contributed by atoms with Gasteiger partial charge in [0.2, 0.25) is 5.91 Å². The van der Waals surface area contributed by atoms with E-state index in [9.17, 15) is 4.79 Å². The maximum Gasteiger partial charge on any atom is 0.236 e. The van der Waals surface area contributed by atoms with Gasteiger partial charge in [0.05, 0.1) is 12.6 Å². The first-order valence-electron chi connectivity index (χ1n) is 5.68. The molecule has 0 heterocycles. The molecule has 1 aromatic carbocycles. The number of hydrogen-bond donors (Lipinski definition) is 2. The number of para-hydroxylation sites is 1. The van der Waals surface area contributed by atoms with Gasteiger partial charge >= 0.3 is 0 Å². The van der Waals surface area contributed by atoms with Gasteiger partial charge in [-0.3, -0.25) is 4.79 Å². The number of carbonyl (C=O) groups is 1. The van der Waals surface area contributed by atoms with E-state index in [2.05, 4.69) is 5.32 Å². The van der Waals surface area contributed by atoms with Gasteiger partial charge in [-0.05, 0) is 32.9 Å². The Bertz CT molecular complexity index is 361. The number of nitrogens with two attached hydrogens (primary N) is 1.